The van der Waals surface area contributed by atoms with Crippen LogP contribution in [0.25, 0.3) is 5.73 Å². The Morgan fingerprint density at radius 1 is 1.80 bits per heavy atom. The summed E-state index contributed by atoms with van der Waals surface area (Å²) >= 11 is 0. The van der Waals surface area contributed by atoms with Gasteiger partial charge in [0.1, 0.15) is 0 Å². The van der Waals surface area contributed by atoms with E-state index in [2.05, 4.69) is 4.99 Å². The van der Waals surface area contributed by atoms with E-state index in [1.165, 1.54) is 12.4 Å². The van der Waals surface area contributed by atoms with Crippen LogP contribution in [0.1, 0.15) is 0 Å². The Labute approximate surface area is 30.0 Å². The fraction of sp³-hybridized carbons (Fsp3) is 0. The Morgan fingerprint density at radius 2 is 2.20 bits per heavy atom. The van der Waals surface area contributed by atoms with Gasteiger partial charge in [0.15, 0.2) is 0 Å². The Bertz CT molecular complexity index is 91.1. The molecule has 0 aromatic heterocycles. The highest BCUT2D eigenvalue weighted by molar-refractivity contribution is 5.85. The third-order valence-electron chi connectivity index (χ3n) is 0.427. The van der Waals surface area contributed by atoms with Crippen LogP contribution in [0.4, 0.5) is 0 Å². The summed E-state index contributed by atoms with van der Waals surface area (Å²) in [7, 11) is 0. The minimum absolute atomic E-state index is 0.519. The van der Waals surface area contributed by atoms with Crippen LogP contribution in [-0.2, 0) is 0 Å². The van der Waals surface area contributed by atoms with Gasteiger partial charge in [0.05, 0.1) is 0 Å². The van der Waals surface area contributed by atoms with Crippen molar-refractivity contribution in [3.05, 3.63) is 17.6 Å². The molecule has 5 heavy (non-hydrogen) atoms. The number of hydrogen-bond donors (Lipinski definition) is 0. The summed E-state index contributed by atoms with van der Waals surface area (Å²) in [6.45, 7) is 0. The molecule has 0 atom stereocenters. The fourth-order valence-corrected chi connectivity index (χ4v) is 0.149. The summed E-state index contributed by atoms with van der Waals surface area (Å²) in [4.78, 5) is 3.52. The molecule has 2 nitrogen and oxygen atoms in total. The monoisotopic (exact) mass is 67.0 g/mol. The highest BCUT2D eigenvalue weighted by atomic mass is 14.8. The molecule has 0 radical (unpaired) electrons. The molecule has 0 spiro atoms. The van der Waals surface area contributed by atoms with Crippen LogP contribution >= 0.6 is 0 Å². The third-order valence-corrected chi connectivity index (χ3v) is 0.427. The van der Waals surface area contributed by atoms with E-state index in [0.717, 1.165) is 0 Å². The van der Waals surface area contributed by atoms with Crippen LogP contribution in [-0.4, -0.2) is 6.21 Å². The number of nitrogens with one attached hydrogen (secondary N) is 1. The second kappa shape index (κ2) is 0.578. The van der Waals surface area contributed by atoms with Gasteiger partial charge in [0.25, 0.3) is 0 Å². The zero-order valence-corrected chi connectivity index (χ0v) is 2.60. The van der Waals surface area contributed by atoms with Gasteiger partial charge < -0.3 is 5.73 Å². The maximum absolute atomic E-state index is 6.62. The zero-order chi connectivity index (χ0) is 3.70. The zero-order valence-electron chi connectivity index (χ0n) is 2.60. The molecule has 0 bridgehead atoms. The smallest absolute Gasteiger partial charge is 0.0131 e. The van der Waals surface area contributed by atoms with Crippen molar-refractivity contribution in [3.63, 3.8) is 0 Å². The van der Waals surface area contributed by atoms with Crippen LogP contribution in [0.5, 0.6) is 0 Å². The first-order valence-corrected chi connectivity index (χ1v) is 1.34. The predicted octanol–water partition coefficient (Wildman–Crippen LogP) is 0.964. The summed E-state index contributed by atoms with van der Waals surface area (Å²) < 4.78 is 0. The molecule has 1 aliphatic heterocycles. The molecular weight excluding hydrogens is 64.0 g/mol. The Balaban J connectivity index is 2.60. The summed E-state index contributed by atoms with van der Waals surface area (Å²) in [5, 5.41) is 0. The SMILES string of the molecule is [NH-]C1=CN=C1. The Hall–Kier alpha value is -0.790. The standard InChI is InChI=1S/C3H3N2/c4-3-1-5-2-3/h1-2,4H/q-1. The van der Waals surface area contributed by atoms with E-state index < -0.39 is 0 Å². The molecule has 1 N–H and O–H groups in total. The van der Waals surface area contributed by atoms with Crippen LogP contribution in [0.3, 0.4) is 0 Å². The summed E-state index contributed by atoms with van der Waals surface area (Å²) in [6, 6.07) is 0. The van der Waals surface area contributed by atoms with E-state index in [9.17, 15) is 0 Å². The number of nitrogens with zero attached hydrogens (tertiary/aromatic N) is 1. The highest BCUT2D eigenvalue weighted by Crippen LogP contribution is 1.97. The van der Waals surface area contributed by atoms with Gasteiger partial charge in [-0.25, -0.2) is 0 Å². The van der Waals surface area contributed by atoms with Crippen LogP contribution < -0.4 is 0 Å². The lowest BCUT2D eigenvalue weighted by atomic mass is 10.5. The van der Waals surface area contributed by atoms with Crippen molar-refractivity contribution in [1.29, 1.82) is 0 Å². The topological polar surface area (TPSA) is 36.2 Å². The van der Waals surface area contributed by atoms with Crippen LogP contribution in [0, 0.1) is 0 Å². The van der Waals surface area contributed by atoms with Gasteiger partial charge >= 0.3 is 0 Å². The molecule has 0 aromatic carbocycles. The quantitative estimate of drug-likeness (QED) is 0.404. The predicted molar refractivity (Wildman–Crippen MR) is 20.9 cm³/mol. The van der Waals surface area contributed by atoms with Gasteiger partial charge in [-0.1, -0.05) is 0 Å². The van der Waals surface area contributed by atoms with Crippen LogP contribution in [0.15, 0.2) is 16.9 Å². The summed E-state index contributed by atoms with van der Waals surface area (Å²) in [5.41, 5.74) is 7.14. The highest BCUT2D eigenvalue weighted by Gasteiger charge is 1.75. The van der Waals surface area contributed by atoms with Gasteiger partial charge in [-0.2, -0.15) is 0 Å². The Morgan fingerprint density at radius 3 is 2.20 bits per heavy atom. The van der Waals surface area contributed by atoms with Crippen molar-refractivity contribution in [2.24, 2.45) is 4.99 Å². The molecule has 1 heterocycles. The first-order chi connectivity index (χ1) is 2.39. The minimum Gasteiger partial charge on any atom is -0.696 e. The maximum Gasteiger partial charge on any atom is 0.0131 e. The lowest BCUT2D eigenvalue weighted by Gasteiger charge is -2.04. The second-order valence-electron chi connectivity index (χ2n) is 0.863. The third kappa shape index (κ3) is 0.173. The van der Waals surface area contributed by atoms with Crippen molar-refractivity contribution in [2.45, 2.75) is 0 Å². The van der Waals surface area contributed by atoms with Crippen molar-refractivity contribution < 1.29 is 0 Å². The number of allylic oxidation sites excluding steroid dienone is 1. The van der Waals surface area contributed by atoms with E-state index in [-0.39, 0.29) is 0 Å². The molecule has 0 aliphatic carbocycles. The van der Waals surface area contributed by atoms with E-state index in [1.54, 1.807) is 0 Å². The molecule has 26 valence electrons. The maximum atomic E-state index is 6.62. The summed E-state index contributed by atoms with van der Waals surface area (Å²) in [6.07, 6.45) is 3.00. The average molecular weight is 67.1 g/mol. The average Bonchev–Trinajstić information content (AvgIpc) is 1.30. The van der Waals surface area contributed by atoms with Gasteiger partial charge in [-0.05, 0) is 0 Å². The lowest BCUT2D eigenvalue weighted by molar-refractivity contribution is 1.48. The molecular formula is C3H3N2-. The summed E-state index contributed by atoms with van der Waals surface area (Å²) in [5.74, 6) is 0. The van der Waals surface area contributed by atoms with Gasteiger partial charge in [-0.3, -0.25) is 4.99 Å². The van der Waals surface area contributed by atoms with Crippen molar-refractivity contribution in [1.82, 2.24) is 0 Å². The normalized spacial score (nSPS) is 17.2. The fourth-order valence-electron chi connectivity index (χ4n) is 0.149. The molecule has 0 amide bonds. The minimum atomic E-state index is 0.519. The molecule has 0 saturated carbocycles. The molecule has 1 aliphatic rings. The molecule has 0 saturated heterocycles. The van der Waals surface area contributed by atoms with Crippen molar-refractivity contribution >= 4 is 6.21 Å². The first-order valence-electron chi connectivity index (χ1n) is 1.34. The largest absolute Gasteiger partial charge is 0.696 e. The van der Waals surface area contributed by atoms with E-state index in [1.807, 2.05) is 0 Å². The van der Waals surface area contributed by atoms with Gasteiger partial charge in [0, 0.05) is 12.4 Å². The van der Waals surface area contributed by atoms with E-state index in [4.69, 9.17) is 5.73 Å². The number of rotatable bonds is 0. The number of hydrogen-bond acceptors (Lipinski definition) is 1. The lowest BCUT2D eigenvalue weighted by Crippen LogP contribution is -1.81. The molecule has 0 unspecified atom stereocenters. The number of aliphatic imine (C=N–C) groups is 1. The first kappa shape index (κ1) is 2.45. The Kier molecular flexibility index (Phi) is 0.283. The molecule has 0 aromatic rings. The molecule has 2 heteroatoms. The molecule has 1 rings (SSSR count). The second-order valence-corrected chi connectivity index (χ2v) is 0.863. The van der Waals surface area contributed by atoms with Gasteiger partial charge in [0.2, 0.25) is 0 Å². The van der Waals surface area contributed by atoms with Crippen molar-refractivity contribution in [3.8, 4) is 0 Å². The van der Waals surface area contributed by atoms with Crippen LogP contribution in [0.2, 0.25) is 0 Å². The van der Waals surface area contributed by atoms with E-state index >= 15 is 0 Å². The van der Waals surface area contributed by atoms with Gasteiger partial charge in [-0.15, -0.1) is 5.70 Å². The molecule has 0 fully saturated rings. The van der Waals surface area contributed by atoms with Crippen molar-refractivity contribution in [2.75, 3.05) is 0 Å². The van der Waals surface area contributed by atoms with E-state index in [0.29, 0.717) is 5.70 Å².